The highest BCUT2D eigenvalue weighted by Gasteiger charge is 2.22. The molecule has 31 heavy (non-hydrogen) atoms. The van der Waals surface area contributed by atoms with Crippen molar-refractivity contribution in [1.82, 2.24) is 5.32 Å². The quantitative estimate of drug-likeness (QED) is 0.553. The standard InChI is InChI=1S/C21H22F3N3O4/c1-3-30-17-7-12-6-11(2)31-16(12)8-15(17)25-9-18(28)26-10-19(29)27-14-5-4-13(22)20(23)21(14)24/h4-5,7-8,11,25H,3,6,9-10H2,1-2H3,(H,26,28)(H,27,29)/t11-/m1/s1. The van der Waals surface area contributed by atoms with E-state index in [0.717, 1.165) is 18.1 Å². The molecule has 10 heteroatoms. The van der Waals surface area contributed by atoms with Gasteiger partial charge in [0.25, 0.3) is 0 Å². The van der Waals surface area contributed by atoms with Crippen LogP contribution in [0.1, 0.15) is 19.4 Å². The molecule has 0 fully saturated rings. The van der Waals surface area contributed by atoms with Crippen LogP contribution >= 0.6 is 0 Å². The molecule has 3 rings (SSSR count). The van der Waals surface area contributed by atoms with E-state index in [1.807, 2.05) is 19.9 Å². The van der Waals surface area contributed by atoms with E-state index in [9.17, 15) is 22.8 Å². The number of ether oxygens (including phenoxy) is 2. The van der Waals surface area contributed by atoms with Gasteiger partial charge in [0.2, 0.25) is 11.8 Å². The Labute approximate surface area is 176 Å². The normalized spacial score (nSPS) is 14.4. The summed E-state index contributed by atoms with van der Waals surface area (Å²) in [6.07, 6.45) is 0.824. The van der Waals surface area contributed by atoms with Crippen molar-refractivity contribution >= 4 is 23.2 Å². The molecule has 0 saturated heterocycles. The highest BCUT2D eigenvalue weighted by molar-refractivity contribution is 5.95. The van der Waals surface area contributed by atoms with Gasteiger partial charge in [-0.3, -0.25) is 9.59 Å². The molecule has 7 nitrogen and oxygen atoms in total. The molecule has 0 aliphatic carbocycles. The first kappa shape index (κ1) is 22.3. The highest BCUT2D eigenvalue weighted by Crippen LogP contribution is 2.37. The number of carbonyl (C=O) groups is 2. The highest BCUT2D eigenvalue weighted by atomic mass is 19.2. The summed E-state index contributed by atoms with van der Waals surface area (Å²) < 4.78 is 51.1. The Balaban J connectivity index is 1.53. The van der Waals surface area contributed by atoms with E-state index in [-0.39, 0.29) is 12.6 Å². The van der Waals surface area contributed by atoms with Crippen LogP contribution in [0.4, 0.5) is 24.5 Å². The topological polar surface area (TPSA) is 88.7 Å². The maximum absolute atomic E-state index is 13.6. The van der Waals surface area contributed by atoms with Crippen LogP contribution in [-0.2, 0) is 16.0 Å². The summed E-state index contributed by atoms with van der Waals surface area (Å²) in [6, 6.07) is 5.21. The predicted octanol–water partition coefficient (Wildman–Crippen LogP) is 2.99. The van der Waals surface area contributed by atoms with Gasteiger partial charge in [-0.05, 0) is 32.0 Å². The third-order valence-electron chi connectivity index (χ3n) is 4.49. The van der Waals surface area contributed by atoms with Crippen LogP contribution in [-0.4, -0.2) is 37.6 Å². The monoisotopic (exact) mass is 437 g/mol. The van der Waals surface area contributed by atoms with Gasteiger partial charge in [0.1, 0.15) is 17.6 Å². The molecule has 166 valence electrons. The molecule has 0 saturated carbocycles. The summed E-state index contributed by atoms with van der Waals surface area (Å²) in [5.41, 5.74) is 1.07. The second-order valence-corrected chi connectivity index (χ2v) is 6.92. The molecule has 2 aromatic rings. The number of nitrogens with one attached hydrogen (secondary N) is 3. The Morgan fingerprint density at radius 1 is 1.10 bits per heavy atom. The number of hydrogen-bond donors (Lipinski definition) is 3. The zero-order chi connectivity index (χ0) is 22.5. The maximum atomic E-state index is 13.6. The molecule has 1 atom stereocenters. The van der Waals surface area contributed by atoms with Crippen molar-refractivity contribution in [2.75, 3.05) is 30.3 Å². The summed E-state index contributed by atoms with van der Waals surface area (Å²) in [5, 5.41) is 7.37. The molecule has 1 aliphatic heterocycles. The third-order valence-corrected chi connectivity index (χ3v) is 4.49. The zero-order valence-corrected chi connectivity index (χ0v) is 17.0. The lowest BCUT2D eigenvalue weighted by Gasteiger charge is -2.14. The van der Waals surface area contributed by atoms with Crippen molar-refractivity contribution in [3.8, 4) is 11.5 Å². The SMILES string of the molecule is CCOc1cc2c(cc1NCC(=O)NCC(=O)Nc1ccc(F)c(F)c1F)O[C@H](C)C2. The van der Waals surface area contributed by atoms with Crippen LogP contribution in [0.25, 0.3) is 0 Å². The third kappa shape index (κ3) is 5.39. The Bertz CT molecular complexity index is 1000. The second-order valence-electron chi connectivity index (χ2n) is 6.92. The van der Waals surface area contributed by atoms with E-state index in [2.05, 4.69) is 16.0 Å². The van der Waals surface area contributed by atoms with Crippen LogP contribution in [0.2, 0.25) is 0 Å². The minimum atomic E-state index is -1.69. The maximum Gasteiger partial charge on any atom is 0.243 e. The van der Waals surface area contributed by atoms with Crippen LogP contribution in [0.3, 0.4) is 0 Å². The number of amides is 2. The summed E-state index contributed by atoms with van der Waals surface area (Å²) in [5.74, 6) is -4.59. The van der Waals surface area contributed by atoms with Crippen molar-refractivity contribution in [3.05, 3.63) is 47.3 Å². The molecular weight excluding hydrogens is 415 g/mol. The summed E-state index contributed by atoms with van der Waals surface area (Å²) in [7, 11) is 0. The number of fused-ring (bicyclic) bond motifs is 1. The number of hydrogen-bond acceptors (Lipinski definition) is 5. The second kappa shape index (κ2) is 9.59. The molecule has 0 spiro atoms. The minimum absolute atomic E-state index is 0.0564. The Morgan fingerprint density at radius 2 is 1.87 bits per heavy atom. The number of benzene rings is 2. The van der Waals surface area contributed by atoms with Gasteiger partial charge in [-0.25, -0.2) is 13.2 Å². The molecule has 1 aliphatic rings. The van der Waals surface area contributed by atoms with Crippen LogP contribution < -0.4 is 25.4 Å². The van der Waals surface area contributed by atoms with Crippen molar-refractivity contribution < 1.29 is 32.2 Å². The minimum Gasteiger partial charge on any atom is -0.492 e. The first-order valence-electron chi connectivity index (χ1n) is 9.68. The van der Waals surface area contributed by atoms with Crippen molar-refractivity contribution in [2.45, 2.75) is 26.4 Å². The summed E-state index contributed by atoms with van der Waals surface area (Å²) >= 11 is 0. The van der Waals surface area contributed by atoms with Crippen LogP contribution in [0.5, 0.6) is 11.5 Å². The summed E-state index contributed by atoms with van der Waals surface area (Å²) in [6.45, 7) is 3.59. The molecule has 2 amide bonds. The van der Waals surface area contributed by atoms with E-state index in [4.69, 9.17) is 9.47 Å². The average Bonchev–Trinajstić information content (AvgIpc) is 3.10. The lowest BCUT2D eigenvalue weighted by molar-refractivity contribution is -0.122. The molecule has 0 aromatic heterocycles. The van der Waals surface area contributed by atoms with E-state index < -0.39 is 41.5 Å². The van der Waals surface area contributed by atoms with Crippen LogP contribution in [0, 0.1) is 17.5 Å². The molecule has 0 radical (unpaired) electrons. The molecule has 2 aromatic carbocycles. The zero-order valence-electron chi connectivity index (χ0n) is 17.0. The van der Waals surface area contributed by atoms with Gasteiger partial charge in [-0.1, -0.05) is 0 Å². The molecule has 0 bridgehead atoms. The van der Waals surface area contributed by atoms with Gasteiger partial charge >= 0.3 is 0 Å². The van der Waals surface area contributed by atoms with Crippen molar-refractivity contribution in [3.63, 3.8) is 0 Å². The lowest BCUT2D eigenvalue weighted by atomic mass is 10.1. The molecular formula is C21H22F3N3O4. The lowest BCUT2D eigenvalue weighted by Crippen LogP contribution is -2.36. The number of carbonyl (C=O) groups excluding carboxylic acids is 2. The average molecular weight is 437 g/mol. The number of rotatable bonds is 8. The largest absolute Gasteiger partial charge is 0.492 e. The van der Waals surface area contributed by atoms with Gasteiger partial charge < -0.3 is 25.4 Å². The van der Waals surface area contributed by atoms with E-state index in [1.54, 1.807) is 6.07 Å². The first-order chi connectivity index (χ1) is 14.8. The number of anilines is 2. The fourth-order valence-corrected chi connectivity index (χ4v) is 3.09. The first-order valence-corrected chi connectivity index (χ1v) is 9.68. The van der Waals surface area contributed by atoms with Gasteiger partial charge in [0.05, 0.1) is 31.1 Å². The molecule has 3 N–H and O–H groups in total. The fraction of sp³-hybridized carbons (Fsp3) is 0.333. The Kier molecular flexibility index (Phi) is 6.88. The van der Waals surface area contributed by atoms with Crippen molar-refractivity contribution in [1.29, 1.82) is 0 Å². The fourth-order valence-electron chi connectivity index (χ4n) is 3.09. The van der Waals surface area contributed by atoms with E-state index in [0.29, 0.717) is 29.9 Å². The van der Waals surface area contributed by atoms with Gasteiger partial charge in [0.15, 0.2) is 17.5 Å². The molecule has 0 unspecified atom stereocenters. The van der Waals surface area contributed by atoms with Crippen LogP contribution in [0.15, 0.2) is 24.3 Å². The molecule has 1 heterocycles. The van der Waals surface area contributed by atoms with Gasteiger partial charge in [0, 0.05) is 18.1 Å². The van der Waals surface area contributed by atoms with E-state index in [1.165, 1.54) is 0 Å². The smallest absolute Gasteiger partial charge is 0.243 e. The van der Waals surface area contributed by atoms with E-state index >= 15 is 0 Å². The van der Waals surface area contributed by atoms with Gasteiger partial charge in [-0.15, -0.1) is 0 Å². The Hall–Kier alpha value is -3.43. The number of halogens is 3. The predicted molar refractivity (Wildman–Crippen MR) is 108 cm³/mol. The summed E-state index contributed by atoms with van der Waals surface area (Å²) in [4.78, 5) is 24.0. The Morgan fingerprint density at radius 3 is 2.61 bits per heavy atom. The van der Waals surface area contributed by atoms with Gasteiger partial charge in [-0.2, -0.15) is 0 Å². The van der Waals surface area contributed by atoms with Crippen molar-refractivity contribution in [2.24, 2.45) is 0 Å².